The second-order valence-corrected chi connectivity index (χ2v) is 10.2. The minimum absolute atomic E-state index is 0.0744. The van der Waals surface area contributed by atoms with Crippen molar-refractivity contribution in [2.75, 3.05) is 13.2 Å². The van der Waals surface area contributed by atoms with E-state index in [4.69, 9.17) is 10.5 Å². The molecule has 4 bridgehead atoms. The van der Waals surface area contributed by atoms with Crippen LogP contribution in [0.25, 0.3) is 0 Å². The molecule has 2 heterocycles. The summed E-state index contributed by atoms with van der Waals surface area (Å²) in [5, 5.41) is 26.2. The van der Waals surface area contributed by atoms with E-state index >= 15 is 0 Å². The van der Waals surface area contributed by atoms with Gasteiger partial charge in [-0.3, -0.25) is 14.4 Å². The SMILES string of the molecule is C=CCNC1=C2C[C@@H](C)C[C@H](CO)CC/C=C3\C(O)[C@@H](/C=C\C=C(/C)C(=O)NC(=CC1=O)C2=O)[C@H]3OC(N)=O. The fourth-order valence-corrected chi connectivity index (χ4v) is 5.12. The summed E-state index contributed by atoms with van der Waals surface area (Å²) in [7, 11) is 0. The summed E-state index contributed by atoms with van der Waals surface area (Å²) in [6.07, 6.45) is 8.55. The molecule has 0 aromatic rings. The van der Waals surface area contributed by atoms with Gasteiger partial charge >= 0.3 is 6.09 Å². The summed E-state index contributed by atoms with van der Waals surface area (Å²) in [5.74, 6) is -2.16. The third-order valence-corrected chi connectivity index (χ3v) is 7.18. The van der Waals surface area contributed by atoms with Crippen LogP contribution in [-0.2, 0) is 19.1 Å². The molecule has 1 unspecified atom stereocenters. The quantitative estimate of drug-likeness (QED) is 0.261. The maximum Gasteiger partial charge on any atom is 0.405 e. The Morgan fingerprint density at radius 1 is 1.33 bits per heavy atom. The van der Waals surface area contributed by atoms with Crippen molar-refractivity contribution in [3.05, 3.63) is 71.1 Å². The van der Waals surface area contributed by atoms with E-state index in [-0.39, 0.29) is 53.9 Å². The van der Waals surface area contributed by atoms with Crippen LogP contribution in [0.2, 0.25) is 0 Å². The molecule has 39 heavy (non-hydrogen) atoms. The van der Waals surface area contributed by atoms with E-state index in [0.717, 1.165) is 6.08 Å². The first kappa shape index (κ1) is 29.8. The first-order valence-corrected chi connectivity index (χ1v) is 13.1. The number of carbonyl (C=O) groups excluding carboxylic acids is 4. The molecule has 2 aliphatic heterocycles. The molecule has 5 atom stereocenters. The number of nitrogens with two attached hydrogens (primary N) is 1. The van der Waals surface area contributed by atoms with Crippen molar-refractivity contribution in [1.82, 2.24) is 10.6 Å². The molecule has 0 aromatic heterocycles. The van der Waals surface area contributed by atoms with Crippen molar-refractivity contribution >= 4 is 23.6 Å². The number of Topliss-reactive ketones (excluding diaryl/α,β-unsaturated/α-hetero) is 1. The first-order chi connectivity index (χ1) is 18.6. The number of amides is 2. The molecular formula is C29H37N3O7. The lowest BCUT2D eigenvalue weighted by atomic mass is 9.72. The molecule has 10 heteroatoms. The van der Waals surface area contributed by atoms with Crippen LogP contribution in [0.3, 0.4) is 0 Å². The van der Waals surface area contributed by atoms with Crippen LogP contribution >= 0.6 is 0 Å². The standard InChI is InChI=1S/C29H37N3O7/c1-4-11-31-24-21-13-16(2)12-18(15-33)8-6-10-20-25(35)19(27(20)39-29(30)38)9-5-7-17(3)28(37)32-22(26(21)36)14-23(24)34/h4-5,7,9-10,14,16,18-19,25,27,31,33,35H,1,6,8,11-13,15H2,2-3H3,(H2,30,38)(H,32,37)/b9-5-,17-7+,20-10+/t16-,18+,19+,25?,27+/m0/s1. The van der Waals surface area contributed by atoms with Gasteiger partial charge in [0.1, 0.15) is 6.10 Å². The minimum atomic E-state index is -0.961. The molecule has 0 saturated heterocycles. The van der Waals surface area contributed by atoms with Gasteiger partial charge in [0.2, 0.25) is 11.6 Å². The predicted molar refractivity (Wildman–Crippen MR) is 145 cm³/mol. The Morgan fingerprint density at radius 3 is 2.74 bits per heavy atom. The van der Waals surface area contributed by atoms with Gasteiger partial charge in [0.05, 0.1) is 17.5 Å². The number of rotatable bonds is 5. The monoisotopic (exact) mass is 539 g/mol. The van der Waals surface area contributed by atoms with Gasteiger partial charge in [0, 0.05) is 36.3 Å². The fraction of sp³-hybridized carbons (Fsp3) is 0.448. The van der Waals surface area contributed by atoms with E-state index in [0.29, 0.717) is 24.8 Å². The summed E-state index contributed by atoms with van der Waals surface area (Å²) >= 11 is 0. The normalized spacial score (nSPS) is 31.9. The number of ketones is 2. The van der Waals surface area contributed by atoms with Crippen LogP contribution in [-0.4, -0.2) is 59.1 Å². The van der Waals surface area contributed by atoms with Gasteiger partial charge in [-0.05, 0) is 50.0 Å². The lowest BCUT2D eigenvalue weighted by Gasteiger charge is -2.42. The zero-order valence-corrected chi connectivity index (χ0v) is 22.3. The maximum absolute atomic E-state index is 13.4. The molecule has 1 saturated carbocycles. The molecule has 210 valence electrons. The number of primary amides is 1. The zero-order chi connectivity index (χ0) is 28.7. The molecule has 4 rings (SSSR count). The average Bonchev–Trinajstić information content (AvgIpc) is 2.89. The first-order valence-electron chi connectivity index (χ1n) is 13.1. The summed E-state index contributed by atoms with van der Waals surface area (Å²) in [6.45, 7) is 7.34. The highest BCUT2D eigenvalue weighted by Crippen LogP contribution is 2.38. The van der Waals surface area contributed by atoms with E-state index in [2.05, 4.69) is 17.2 Å². The fourth-order valence-electron chi connectivity index (χ4n) is 5.12. The third-order valence-electron chi connectivity index (χ3n) is 7.18. The number of ether oxygens (including phenoxy) is 1. The number of fused-ring (bicyclic) bond motifs is 9. The summed E-state index contributed by atoms with van der Waals surface area (Å²) < 4.78 is 5.22. The van der Waals surface area contributed by atoms with Crippen LogP contribution in [0.15, 0.2) is 71.1 Å². The number of allylic oxidation sites excluding steroid dienone is 5. The molecule has 4 aliphatic rings. The Hall–Kier alpha value is -3.76. The van der Waals surface area contributed by atoms with Crippen LogP contribution in [0.4, 0.5) is 4.79 Å². The van der Waals surface area contributed by atoms with Crippen LogP contribution < -0.4 is 16.4 Å². The molecule has 2 amide bonds. The van der Waals surface area contributed by atoms with Gasteiger partial charge in [0.15, 0.2) is 0 Å². The lowest BCUT2D eigenvalue weighted by molar-refractivity contribution is -0.120. The highest BCUT2D eigenvalue weighted by Gasteiger charge is 2.45. The molecule has 0 aromatic carbocycles. The Bertz CT molecular complexity index is 1180. The molecule has 2 aliphatic carbocycles. The second kappa shape index (κ2) is 13.3. The Labute approximate surface area is 228 Å². The van der Waals surface area contributed by atoms with Crippen molar-refractivity contribution in [1.29, 1.82) is 0 Å². The van der Waals surface area contributed by atoms with Gasteiger partial charge < -0.3 is 31.3 Å². The summed E-state index contributed by atoms with van der Waals surface area (Å²) in [6, 6.07) is 0. The number of aliphatic hydroxyl groups is 2. The molecule has 0 spiro atoms. The third kappa shape index (κ3) is 7.21. The highest BCUT2D eigenvalue weighted by molar-refractivity contribution is 6.23. The van der Waals surface area contributed by atoms with Crippen molar-refractivity contribution in [2.45, 2.75) is 51.7 Å². The minimum Gasteiger partial charge on any atom is -0.441 e. The van der Waals surface area contributed by atoms with Crippen molar-refractivity contribution in [3.63, 3.8) is 0 Å². The van der Waals surface area contributed by atoms with E-state index < -0.39 is 41.7 Å². The molecule has 10 nitrogen and oxygen atoms in total. The van der Waals surface area contributed by atoms with E-state index in [1.807, 2.05) is 6.92 Å². The zero-order valence-electron chi connectivity index (χ0n) is 22.3. The van der Waals surface area contributed by atoms with E-state index in [1.54, 1.807) is 31.2 Å². The molecular weight excluding hydrogens is 502 g/mol. The number of aliphatic hydroxyl groups excluding tert-OH is 2. The van der Waals surface area contributed by atoms with Crippen molar-refractivity contribution in [2.24, 2.45) is 23.5 Å². The second-order valence-electron chi connectivity index (χ2n) is 10.2. The predicted octanol–water partition coefficient (Wildman–Crippen LogP) is 1.87. The highest BCUT2D eigenvalue weighted by atomic mass is 16.6. The number of hydrogen-bond donors (Lipinski definition) is 5. The van der Waals surface area contributed by atoms with E-state index in [1.165, 1.54) is 6.08 Å². The van der Waals surface area contributed by atoms with Gasteiger partial charge in [-0.25, -0.2) is 4.79 Å². The Balaban J connectivity index is 1.96. The number of carbonyl (C=O) groups is 4. The molecule has 1 fully saturated rings. The van der Waals surface area contributed by atoms with Gasteiger partial charge in [0.25, 0.3) is 5.91 Å². The smallest absolute Gasteiger partial charge is 0.405 e. The van der Waals surface area contributed by atoms with Crippen molar-refractivity contribution in [3.8, 4) is 0 Å². The number of hydrogen-bond acceptors (Lipinski definition) is 8. The van der Waals surface area contributed by atoms with Crippen LogP contribution in [0.5, 0.6) is 0 Å². The van der Waals surface area contributed by atoms with Crippen molar-refractivity contribution < 1.29 is 34.1 Å². The van der Waals surface area contributed by atoms with Crippen LogP contribution in [0, 0.1) is 17.8 Å². The lowest BCUT2D eigenvalue weighted by Crippen LogP contribution is -2.50. The average molecular weight is 540 g/mol. The summed E-state index contributed by atoms with van der Waals surface area (Å²) in [4.78, 5) is 50.6. The number of nitrogens with one attached hydrogen (secondary N) is 2. The van der Waals surface area contributed by atoms with Crippen LogP contribution in [0.1, 0.15) is 39.5 Å². The maximum atomic E-state index is 13.4. The van der Waals surface area contributed by atoms with E-state index in [9.17, 15) is 29.4 Å². The van der Waals surface area contributed by atoms with Gasteiger partial charge in [-0.15, -0.1) is 6.58 Å². The molecule has 0 radical (unpaired) electrons. The van der Waals surface area contributed by atoms with Gasteiger partial charge in [-0.2, -0.15) is 0 Å². The Morgan fingerprint density at radius 2 is 2.08 bits per heavy atom. The summed E-state index contributed by atoms with van der Waals surface area (Å²) in [5.41, 5.74) is 6.38. The van der Waals surface area contributed by atoms with Gasteiger partial charge in [-0.1, -0.05) is 37.3 Å². The Kier molecular flexibility index (Phi) is 10.2. The largest absolute Gasteiger partial charge is 0.441 e. The topological polar surface area (TPSA) is 168 Å². The molecule has 6 N–H and O–H groups in total.